The Labute approximate surface area is 122 Å². The summed E-state index contributed by atoms with van der Waals surface area (Å²) in [5, 5.41) is 14.0. The van der Waals surface area contributed by atoms with Gasteiger partial charge in [-0.1, -0.05) is 0 Å². The van der Waals surface area contributed by atoms with E-state index in [0.717, 1.165) is 0 Å². The third-order valence-corrected chi connectivity index (χ3v) is 2.56. The van der Waals surface area contributed by atoms with E-state index < -0.39 is 12.0 Å². The molecular formula is C14H19N3O4. The minimum atomic E-state index is -1.03. The maximum atomic E-state index is 11.9. The summed E-state index contributed by atoms with van der Waals surface area (Å²) in [5.41, 5.74) is 0.596. The SMILES string of the molecule is CC(C)NC(=O)CN(C)C(=O)Nc1ccc(C(=O)O)cc1. The van der Waals surface area contributed by atoms with Gasteiger partial charge in [-0.25, -0.2) is 9.59 Å². The molecule has 0 radical (unpaired) electrons. The van der Waals surface area contributed by atoms with Crippen LogP contribution in [0, 0.1) is 0 Å². The van der Waals surface area contributed by atoms with Crippen molar-refractivity contribution in [1.82, 2.24) is 10.2 Å². The van der Waals surface area contributed by atoms with Crippen molar-refractivity contribution in [3.63, 3.8) is 0 Å². The second kappa shape index (κ2) is 7.28. The van der Waals surface area contributed by atoms with Gasteiger partial charge in [0.05, 0.1) is 5.56 Å². The first-order valence-corrected chi connectivity index (χ1v) is 6.44. The summed E-state index contributed by atoms with van der Waals surface area (Å²) in [7, 11) is 1.50. The second-order valence-electron chi connectivity index (χ2n) is 4.89. The Hall–Kier alpha value is -2.57. The number of hydrogen-bond donors (Lipinski definition) is 3. The first-order chi connectivity index (χ1) is 9.79. The first-order valence-electron chi connectivity index (χ1n) is 6.44. The normalized spacial score (nSPS) is 10.1. The smallest absolute Gasteiger partial charge is 0.335 e. The molecule has 3 N–H and O–H groups in total. The number of likely N-dealkylation sites (N-methyl/N-ethyl adjacent to an activating group) is 1. The van der Waals surface area contributed by atoms with E-state index in [1.54, 1.807) is 0 Å². The highest BCUT2D eigenvalue weighted by atomic mass is 16.4. The third kappa shape index (κ3) is 5.52. The molecule has 0 aliphatic carbocycles. The number of carboxylic acid groups (broad SMARTS) is 1. The van der Waals surface area contributed by atoms with Gasteiger partial charge in [0.15, 0.2) is 0 Å². The molecule has 0 aliphatic heterocycles. The zero-order valence-electron chi connectivity index (χ0n) is 12.2. The second-order valence-corrected chi connectivity index (χ2v) is 4.89. The Kier molecular flexibility index (Phi) is 5.71. The fourth-order valence-electron chi connectivity index (χ4n) is 1.57. The zero-order valence-corrected chi connectivity index (χ0v) is 12.2. The van der Waals surface area contributed by atoms with E-state index in [1.807, 2.05) is 13.8 Å². The van der Waals surface area contributed by atoms with Crippen LogP contribution >= 0.6 is 0 Å². The average molecular weight is 293 g/mol. The highest BCUT2D eigenvalue weighted by Gasteiger charge is 2.13. The number of hydrogen-bond acceptors (Lipinski definition) is 3. The van der Waals surface area contributed by atoms with Crippen LogP contribution in [0.25, 0.3) is 0 Å². The molecule has 7 nitrogen and oxygen atoms in total. The number of nitrogens with zero attached hydrogens (tertiary/aromatic N) is 1. The van der Waals surface area contributed by atoms with Crippen LogP contribution in [0.2, 0.25) is 0 Å². The minimum absolute atomic E-state index is 0.0116. The molecule has 0 bridgehead atoms. The number of urea groups is 1. The van der Waals surface area contributed by atoms with E-state index in [4.69, 9.17) is 5.11 Å². The number of aromatic carboxylic acids is 1. The molecule has 0 heterocycles. The molecule has 1 rings (SSSR count). The molecule has 114 valence electrons. The highest BCUT2D eigenvalue weighted by Crippen LogP contribution is 2.10. The number of benzene rings is 1. The van der Waals surface area contributed by atoms with Crippen LogP contribution < -0.4 is 10.6 Å². The Morgan fingerprint density at radius 2 is 1.76 bits per heavy atom. The molecule has 0 fully saturated rings. The molecular weight excluding hydrogens is 274 g/mol. The minimum Gasteiger partial charge on any atom is -0.478 e. The summed E-state index contributed by atoms with van der Waals surface area (Å²) in [5.74, 6) is -1.28. The summed E-state index contributed by atoms with van der Waals surface area (Å²) < 4.78 is 0. The zero-order chi connectivity index (χ0) is 16.0. The number of nitrogens with one attached hydrogen (secondary N) is 2. The number of rotatable bonds is 5. The van der Waals surface area contributed by atoms with Crippen molar-refractivity contribution in [3.05, 3.63) is 29.8 Å². The van der Waals surface area contributed by atoms with Gasteiger partial charge >= 0.3 is 12.0 Å². The molecule has 0 aliphatic rings. The quantitative estimate of drug-likeness (QED) is 0.763. The van der Waals surface area contributed by atoms with Gasteiger partial charge in [-0.3, -0.25) is 4.79 Å². The lowest BCUT2D eigenvalue weighted by Gasteiger charge is -2.18. The van der Waals surface area contributed by atoms with Crippen LogP contribution in [-0.2, 0) is 4.79 Å². The maximum Gasteiger partial charge on any atom is 0.335 e. The third-order valence-electron chi connectivity index (χ3n) is 2.56. The number of carboxylic acids is 1. The summed E-state index contributed by atoms with van der Waals surface area (Å²) in [6, 6.07) is 5.33. The van der Waals surface area contributed by atoms with E-state index in [-0.39, 0.29) is 24.1 Å². The van der Waals surface area contributed by atoms with Crippen molar-refractivity contribution < 1.29 is 19.5 Å². The fraction of sp³-hybridized carbons (Fsp3) is 0.357. The number of amides is 3. The van der Waals surface area contributed by atoms with E-state index in [9.17, 15) is 14.4 Å². The van der Waals surface area contributed by atoms with Gasteiger partial charge in [-0.15, -0.1) is 0 Å². The predicted molar refractivity (Wildman–Crippen MR) is 78.3 cm³/mol. The van der Waals surface area contributed by atoms with Gasteiger partial charge in [-0.2, -0.15) is 0 Å². The van der Waals surface area contributed by atoms with Crippen LogP contribution in [0.15, 0.2) is 24.3 Å². The summed E-state index contributed by atoms with van der Waals surface area (Å²) >= 11 is 0. The van der Waals surface area contributed by atoms with Crippen LogP contribution in [0.5, 0.6) is 0 Å². The van der Waals surface area contributed by atoms with Gasteiger partial charge in [0.2, 0.25) is 5.91 Å². The van der Waals surface area contributed by atoms with Gasteiger partial charge in [-0.05, 0) is 38.1 Å². The van der Waals surface area contributed by atoms with Crippen molar-refractivity contribution in [2.45, 2.75) is 19.9 Å². The molecule has 0 unspecified atom stereocenters. The lowest BCUT2D eigenvalue weighted by molar-refractivity contribution is -0.121. The summed E-state index contributed by atoms with van der Waals surface area (Å²) in [6.07, 6.45) is 0. The van der Waals surface area contributed by atoms with Gasteiger partial charge in [0, 0.05) is 18.8 Å². The number of anilines is 1. The average Bonchev–Trinajstić information content (AvgIpc) is 2.38. The first kappa shape index (κ1) is 16.5. The van der Waals surface area contributed by atoms with Gasteiger partial charge < -0.3 is 20.6 Å². The standard InChI is InChI=1S/C14H19N3O4/c1-9(2)15-12(18)8-17(3)14(21)16-11-6-4-10(5-7-11)13(19)20/h4-7,9H,8H2,1-3H3,(H,15,18)(H,16,21)(H,19,20). The predicted octanol–water partition coefficient (Wildman–Crippen LogP) is 1.37. The molecule has 0 atom stereocenters. The Balaban J connectivity index is 2.55. The Morgan fingerprint density at radius 1 is 1.19 bits per heavy atom. The molecule has 0 aromatic heterocycles. The fourth-order valence-corrected chi connectivity index (χ4v) is 1.57. The summed E-state index contributed by atoms with van der Waals surface area (Å²) in [4.78, 5) is 35.4. The van der Waals surface area contributed by atoms with Crippen LogP contribution in [0.1, 0.15) is 24.2 Å². The number of carbonyl (C=O) groups is 3. The van der Waals surface area contributed by atoms with Crippen LogP contribution in [0.3, 0.4) is 0 Å². The van der Waals surface area contributed by atoms with E-state index >= 15 is 0 Å². The molecule has 0 saturated heterocycles. The molecule has 0 saturated carbocycles. The van der Waals surface area contributed by atoms with E-state index in [1.165, 1.54) is 36.2 Å². The van der Waals surface area contributed by atoms with Crippen molar-refractivity contribution in [2.75, 3.05) is 18.9 Å². The molecule has 21 heavy (non-hydrogen) atoms. The molecule has 3 amide bonds. The summed E-state index contributed by atoms with van der Waals surface area (Å²) in [6.45, 7) is 3.61. The van der Waals surface area contributed by atoms with Crippen molar-refractivity contribution in [3.8, 4) is 0 Å². The highest BCUT2D eigenvalue weighted by molar-refractivity contribution is 5.93. The van der Waals surface area contributed by atoms with Crippen LogP contribution in [0.4, 0.5) is 10.5 Å². The topological polar surface area (TPSA) is 98.7 Å². The van der Waals surface area contributed by atoms with E-state index in [0.29, 0.717) is 5.69 Å². The maximum absolute atomic E-state index is 11.9. The molecule has 7 heteroatoms. The van der Waals surface area contributed by atoms with Gasteiger partial charge in [0.1, 0.15) is 6.54 Å². The van der Waals surface area contributed by atoms with Gasteiger partial charge in [0.25, 0.3) is 0 Å². The molecule has 1 aromatic rings. The lowest BCUT2D eigenvalue weighted by atomic mass is 10.2. The Morgan fingerprint density at radius 3 is 2.24 bits per heavy atom. The van der Waals surface area contributed by atoms with Crippen LogP contribution in [-0.4, -0.2) is 47.5 Å². The van der Waals surface area contributed by atoms with Crippen molar-refractivity contribution in [2.24, 2.45) is 0 Å². The largest absolute Gasteiger partial charge is 0.478 e. The van der Waals surface area contributed by atoms with E-state index in [2.05, 4.69) is 10.6 Å². The Bertz CT molecular complexity index is 526. The van der Waals surface area contributed by atoms with Crippen molar-refractivity contribution >= 4 is 23.6 Å². The molecule has 0 spiro atoms. The molecule has 1 aromatic carbocycles. The van der Waals surface area contributed by atoms with Crippen molar-refractivity contribution in [1.29, 1.82) is 0 Å². The lowest BCUT2D eigenvalue weighted by Crippen LogP contribution is -2.42. The number of carbonyl (C=O) groups excluding carboxylic acids is 2. The monoisotopic (exact) mass is 293 g/mol.